The van der Waals surface area contributed by atoms with Gasteiger partial charge in [-0.25, -0.2) is 18.1 Å². The maximum Gasteiger partial charge on any atom is 0.417 e. The lowest BCUT2D eigenvalue weighted by atomic mass is 10.1. The minimum Gasteiger partial charge on any atom is -0.439 e. The molecule has 0 spiro atoms. The number of imide groups is 1. The average molecular weight is 349 g/mol. The first-order valence-electron chi connectivity index (χ1n) is 7.43. The van der Waals surface area contributed by atoms with Gasteiger partial charge in [0.1, 0.15) is 6.07 Å². The van der Waals surface area contributed by atoms with Gasteiger partial charge in [-0.3, -0.25) is 4.79 Å². The van der Waals surface area contributed by atoms with E-state index >= 15 is 0 Å². The largest absolute Gasteiger partial charge is 0.439 e. The van der Waals surface area contributed by atoms with Crippen LogP contribution in [0.15, 0.2) is 29.2 Å². The Kier molecular flexibility index (Phi) is 4.26. The quantitative estimate of drug-likeness (QED) is 0.794. The fourth-order valence-corrected chi connectivity index (χ4v) is 4.59. The van der Waals surface area contributed by atoms with Gasteiger partial charge in [-0.2, -0.15) is 9.57 Å². The summed E-state index contributed by atoms with van der Waals surface area (Å²) >= 11 is 0. The number of rotatable bonds is 3. The van der Waals surface area contributed by atoms with Crippen LogP contribution in [0.25, 0.3) is 0 Å². The number of nitriles is 1. The van der Waals surface area contributed by atoms with Crippen LogP contribution in [0.2, 0.25) is 0 Å². The van der Waals surface area contributed by atoms with Crippen molar-refractivity contribution in [3.63, 3.8) is 0 Å². The number of ether oxygens (including phenoxy) is 1. The zero-order valence-electron chi connectivity index (χ0n) is 12.7. The van der Waals surface area contributed by atoms with Crippen molar-refractivity contribution in [1.82, 2.24) is 9.21 Å². The van der Waals surface area contributed by atoms with Gasteiger partial charge in [0.2, 0.25) is 10.0 Å². The molecule has 1 aromatic carbocycles. The van der Waals surface area contributed by atoms with Crippen molar-refractivity contribution >= 4 is 22.0 Å². The number of carbonyl (C=O) groups excluding carboxylic acids is 2. The molecular weight excluding hydrogens is 334 g/mol. The van der Waals surface area contributed by atoms with Gasteiger partial charge >= 0.3 is 6.09 Å². The molecule has 0 radical (unpaired) electrons. The summed E-state index contributed by atoms with van der Waals surface area (Å²) in [5.74, 6) is -0.392. The number of sulfonamides is 1. The molecule has 2 saturated heterocycles. The zero-order valence-corrected chi connectivity index (χ0v) is 13.5. The average Bonchev–Trinajstić information content (AvgIpc) is 2.93. The maximum atomic E-state index is 12.7. The van der Waals surface area contributed by atoms with Crippen molar-refractivity contribution < 1.29 is 22.7 Å². The molecule has 24 heavy (non-hydrogen) atoms. The number of amides is 2. The maximum absolute atomic E-state index is 12.7. The highest BCUT2D eigenvalue weighted by molar-refractivity contribution is 7.89. The highest BCUT2D eigenvalue weighted by Gasteiger charge is 2.40. The molecule has 2 amide bonds. The summed E-state index contributed by atoms with van der Waals surface area (Å²) in [7, 11) is -3.79. The van der Waals surface area contributed by atoms with Gasteiger partial charge in [-0.15, -0.1) is 0 Å². The van der Waals surface area contributed by atoms with E-state index in [4.69, 9.17) is 10.00 Å². The first kappa shape index (κ1) is 16.4. The van der Waals surface area contributed by atoms with Crippen LogP contribution in [0.4, 0.5) is 4.79 Å². The van der Waals surface area contributed by atoms with Crippen molar-refractivity contribution in [1.29, 1.82) is 5.26 Å². The zero-order chi connectivity index (χ0) is 17.3. The summed E-state index contributed by atoms with van der Waals surface area (Å²) in [5.41, 5.74) is 0.0953. The molecule has 0 aliphatic carbocycles. The van der Waals surface area contributed by atoms with E-state index in [0.29, 0.717) is 12.8 Å². The van der Waals surface area contributed by atoms with Gasteiger partial charge < -0.3 is 4.74 Å². The monoisotopic (exact) mass is 349 g/mol. The van der Waals surface area contributed by atoms with Crippen LogP contribution in [0.5, 0.6) is 0 Å². The van der Waals surface area contributed by atoms with Gasteiger partial charge in [0, 0.05) is 19.1 Å². The molecular formula is C15H15N3O5S. The molecule has 3 rings (SSSR count). The van der Waals surface area contributed by atoms with Crippen LogP contribution in [-0.4, -0.2) is 55.4 Å². The topological polar surface area (TPSA) is 108 Å². The molecule has 0 bridgehead atoms. The Morgan fingerprint density at radius 3 is 2.42 bits per heavy atom. The van der Waals surface area contributed by atoms with E-state index in [2.05, 4.69) is 0 Å². The summed E-state index contributed by atoms with van der Waals surface area (Å²) in [5, 5.41) is 9.10. The van der Waals surface area contributed by atoms with Crippen molar-refractivity contribution in [2.45, 2.75) is 23.8 Å². The smallest absolute Gasteiger partial charge is 0.417 e. The van der Waals surface area contributed by atoms with Gasteiger partial charge in [-0.1, -0.05) is 12.1 Å². The van der Waals surface area contributed by atoms with E-state index in [1.807, 2.05) is 6.07 Å². The number of cyclic esters (lactones) is 1. The van der Waals surface area contributed by atoms with Crippen LogP contribution in [0.3, 0.4) is 0 Å². The van der Waals surface area contributed by atoms with Gasteiger partial charge in [0.15, 0.2) is 6.61 Å². The molecule has 1 aromatic rings. The first-order chi connectivity index (χ1) is 11.4. The van der Waals surface area contributed by atoms with Crippen molar-refractivity contribution in [2.24, 2.45) is 0 Å². The van der Waals surface area contributed by atoms with Crippen LogP contribution in [0.1, 0.15) is 18.4 Å². The molecule has 2 aliphatic rings. The second-order valence-electron chi connectivity index (χ2n) is 5.56. The highest BCUT2D eigenvalue weighted by Crippen LogP contribution is 2.26. The van der Waals surface area contributed by atoms with Crippen molar-refractivity contribution in [3.05, 3.63) is 29.8 Å². The molecule has 2 heterocycles. The molecule has 126 valence electrons. The normalized spacial score (nSPS) is 20.0. The van der Waals surface area contributed by atoms with Crippen LogP contribution in [-0.2, 0) is 19.6 Å². The Balaban J connectivity index is 1.76. The molecule has 0 atom stereocenters. The summed E-state index contributed by atoms with van der Waals surface area (Å²) in [6, 6.07) is 7.57. The molecule has 2 fully saturated rings. The number of piperidine rings is 1. The van der Waals surface area contributed by atoms with E-state index in [1.54, 1.807) is 12.1 Å². The summed E-state index contributed by atoms with van der Waals surface area (Å²) in [6.07, 6.45) is 0.0139. The highest BCUT2D eigenvalue weighted by atomic mass is 32.2. The Bertz CT molecular complexity index is 806. The van der Waals surface area contributed by atoms with E-state index in [9.17, 15) is 18.0 Å². The SMILES string of the molecule is N#Cc1ccccc1S(=O)(=O)N1CCC(N2C(=O)COC2=O)CC1. The minimum absolute atomic E-state index is 0.0254. The molecule has 2 aliphatic heterocycles. The van der Waals surface area contributed by atoms with Crippen molar-refractivity contribution in [3.8, 4) is 6.07 Å². The van der Waals surface area contributed by atoms with E-state index in [-0.39, 0.29) is 36.2 Å². The number of benzene rings is 1. The second kappa shape index (κ2) is 6.22. The lowest BCUT2D eigenvalue weighted by molar-refractivity contribution is -0.127. The van der Waals surface area contributed by atoms with Gasteiger partial charge in [0.25, 0.3) is 5.91 Å². The number of nitrogens with zero attached hydrogens (tertiary/aromatic N) is 3. The van der Waals surface area contributed by atoms with Crippen LogP contribution >= 0.6 is 0 Å². The molecule has 0 saturated carbocycles. The summed E-state index contributed by atoms with van der Waals surface area (Å²) in [4.78, 5) is 24.3. The van der Waals surface area contributed by atoms with E-state index < -0.39 is 22.0 Å². The number of hydrogen-bond donors (Lipinski definition) is 0. The number of carbonyl (C=O) groups is 2. The molecule has 0 unspecified atom stereocenters. The third kappa shape index (κ3) is 2.74. The molecule has 9 heteroatoms. The van der Waals surface area contributed by atoms with E-state index in [1.165, 1.54) is 16.4 Å². The van der Waals surface area contributed by atoms with E-state index in [0.717, 1.165) is 4.90 Å². The number of hydrogen-bond acceptors (Lipinski definition) is 6. The summed E-state index contributed by atoms with van der Waals surface area (Å²) in [6.45, 7) is 0.0839. The Hall–Kier alpha value is -2.44. The lowest BCUT2D eigenvalue weighted by Crippen LogP contribution is -2.48. The fraction of sp³-hybridized carbons (Fsp3) is 0.400. The van der Waals surface area contributed by atoms with Crippen LogP contribution in [0, 0.1) is 11.3 Å². The third-order valence-electron chi connectivity index (χ3n) is 4.20. The fourth-order valence-electron chi connectivity index (χ4n) is 2.98. The predicted octanol–water partition coefficient (Wildman–Crippen LogP) is 0.690. The Morgan fingerprint density at radius 1 is 1.17 bits per heavy atom. The molecule has 0 N–H and O–H groups in total. The first-order valence-corrected chi connectivity index (χ1v) is 8.87. The lowest BCUT2D eigenvalue weighted by Gasteiger charge is -2.34. The third-order valence-corrected chi connectivity index (χ3v) is 6.16. The van der Waals surface area contributed by atoms with Gasteiger partial charge in [-0.05, 0) is 25.0 Å². The predicted molar refractivity (Wildman–Crippen MR) is 81.1 cm³/mol. The molecule has 8 nitrogen and oxygen atoms in total. The standard InChI is InChI=1S/C15H15N3O5S/c16-9-11-3-1-2-4-13(11)24(21,22)17-7-5-12(6-8-17)18-14(19)10-23-15(18)20/h1-4,12H,5-8,10H2. The Labute approximate surface area is 139 Å². The Morgan fingerprint density at radius 2 is 1.83 bits per heavy atom. The second-order valence-corrected chi connectivity index (χ2v) is 7.47. The van der Waals surface area contributed by atoms with Gasteiger partial charge in [0.05, 0.1) is 10.5 Å². The van der Waals surface area contributed by atoms with Crippen molar-refractivity contribution in [2.75, 3.05) is 19.7 Å². The van der Waals surface area contributed by atoms with Crippen LogP contribution < -0.4 is 0 Å². The minimum atomic E-state index is -3.79. The molecule has 0 aromatic heterocycles. The summed E-state index contributed by atoms with van der Waals surface area (Å²) < 4.78 is 31.4.